The maximum absolute atomic E-state index is 6.21. The first kappa shape index (κ1) is 15.2. The average Bonchev–Trinajstić information content (AvgIpc) is 3.25. The van der Waals surface area contributed by atoms with Crippen LogP contribution in [0.25, 0.3) is 0 Å². The van der Waals surface area contributed by atoms with E-state index in [0.29, 0.717) is 6.04 Å². The molecule has 0 amide bonds. The van der Waals surface area contributed by atoms with Gasteiger partial charge in [-0.2, -0.15) is 0 Å². The second kappa shape index (κ2) is 6.53. The maximum Gasteiger partial charge on any atom is 0.0590 e. The standard InChI is InChI=1S/C15H31N3O/c1-13(14-4-5-14)18(10-11-19-3)15(12-16)6-8-17(2)9-7-15/h13-14H,4-12,16H2,1-3H3. The molecule has 2 N–H and O–H groups in total. The largest absolute Gasteiger partial charge is 0.383 e. The van der Waals surface area contributed by atoms with Gasteiger partial charge in [0.2, 0.25) is 0 Å². The summed E-state index contributed by atoms with van der Waals surface area (Å²) in [6.07, 6.45) is 5.18. The molecule has 1 aliphatic heterocycles. The second-order valence-electron chi connectivity index (χ2n) is 6.50. The van der Waals surface area contributed by atoms with Crippen LogP contribution in [0.5, 0.6) is 0 Å². The molecule has 0 bridgehead atoms. The van der Waals surface area contributed by atoms with Crippen LogP contribution in [0.2, 0.25) is 0 Å². The van der Waals surface area contributed by atoms with Gasteiger partial charge in [-0.3, -0.25) is 4.90 Å². The summed E-state index contributed by atoms with van der Waals surface area (Å²) in [5.74, 6) is 0.889. The van der Waals surface area contributed by atoms with Crippen molar-refractivity contribution in [3.63, 3.8) is 0 Å². The lowest BCUT2D eigenvalue weighted by Gasteiger charge is -2.50. The van der Waals surface area contributed by atoms with Gasteiger partial charge < -0.3 is 15.4 Å². The number of likely N-dealkylation sites (tertiary alicyclic amines) is 1. The normalized spacial score (nSPS) is 25.7. The molecule has 1 saturated heterocycles. The third-order valence-corrected chi connectivity index (χ3v) is 5.24. The molecule has 2 aliphatic rings. The van der Waals surface area contributed by atoms with E-state index in [1.54, 1.807) is 7.11 Å². The number of nitrogens with zero attached hydrogens (tertiary/aromatic N) is 2. The van der Waals surface area contributed by atoms with Crippen LogP contribution < -0.4 is 5.73 Å². The molecule has 4 heteroatoms. The summed E-state index contributed by atoms with van der Waals surface area (Å²) in [5.41, 5.74) is 6.42. The van der Waals surface area contributed by atoms with Crippen molar-refractivity contribution < 1.29 is 4.74 Å². The Balaban J connectivity index is 2.08. The summed E-state index contributed by atoms with van der Waals surface area (Å²) in [6.45, 7) is 7.34. The van der Waals surface area contributed by atoms with E-state index in [1.165, 1.54) is 25.7 Å². The Hall–Kier alpha value is -0.160. The quantitative estimate of drug-likeness (QED) is 0.753. The molecule has 0 aromatic heterocycles. The van der Waals surface area contributed by atoms with Gasteiger partial charge in [-0.15, -0.1) is 0 Å². The van der Waals surface area contributed by atoms with Crippen molar-refractivity contribution in [1.82, 2.24) is 9.80 Å². The Morgan fingerprint density at radius 2 is 2.00 bits per heavy atom. The topological polar surface area (TPSA) is 41.7 Å². The molecule has 1 saturated carbocycles. The van der Waals surface area contributed by atoms with Crippen LogP contribution in [0.1, 0.15) is 32.6 Å². The number of hydrogen-bond donors (Lipinski definition) is 1. The van der Waals surface area contributed by atoms with E-state index in [1.807, 2.05) is 0 Å². The van der Waals surface area contributed by atoms with E-state index in [0.717, 1.165) is 38.7 Å². The first-order chi connectivity index (χ1) is 9.13. The molecular formula is C15H31N3O. The van der Waals surface area contributed by atoms with Gasteiger partial charge in [0.15, 0.2) is 0 Å². The van der Waals surface area contributed by atoms with Gasteiger partial charge in [0, 0.05) is 31.8 Å². The Labute approximate surface area is 118 Å². The van der Waals surface area contributed by atoms with Crippen molar-refractivity contribution in [3.05, 3.63) is 0 Å². The van der Waals surface area contributed by atoms with Gasteiger partial charge in [0.25, 0.3) is 0 Å². The molecule has 1 aliphatic carbocycles. The highest BCUT2D eigenvalue weighted by molar-refractivity contribution is 5.00. The summed E-state index contributed by atoms with van der Waals surface area (Å²) in [6, 6.07) is 0.655. The van der Waals surface area contributed by atoms with Crippen molar-refractivity contribution >= 4 is 0 Å². The summed E-state index contributed by atoms with van der Waals surface area (Å²) in [5, 5.41) is 0. The number of rotatable bonds is 7. The molecule has 1 heterocycles. The number of nitrogens with two attached hydrogens (primary N) is 1. The van der Waals surface area contributed by atoms with E-state index in [-0.39, 0.29) is 5.54 Å². The van der Waals surface area contributed by atoms with Gasteiger partial charge >= 0.3 is 0 Å². The molecule has 2 rings (SSSR count). The lowest BCUT2D eigenvalue weighted by atomic mass is 9.84. The minimum atomic E-state index is 0.201. The van der Waals surface area contributed by atoms with Crippen molar-refractivity contribution in [3.8, 4) is 0 Å². The third kappa shape index (κ3) is 3.48. The first-order valence-corrected chi connectivity index (χ1v) is 7.77. The fourth-order valence-corrected chi connectivity index (χ4v) is 3.54. The number of piperidine rings is 1. The minimum absolute atomic E-state index is 0.201. The van der Waals surface area contributed by atoms with Gasteiger partial charge in [0.1, 0.15) is 0 Å². The zero-order valence-electron chi connectivity index (χ0n) is 12.9. The van der Waals surface area contributed by atoms with Crippen LogP contribution in [0, 0.1) is 5.92 Å². The second-order valence-corrected chi connectivity index (χ2v) is 6.50. The molecule has 19 heavy (non-hydrogen) atoms. The molecule has 0 radical (unpaired) electrons. The van der Waals surface area contributed by atoms with Crippen molar-refractivity contribution in [1.29, 1.82) is 0 Å². The Kier molecular flexibility index (Phi) is 5.23. The van der Waals surface area contributed by atoms with Crippen molar-refractivity contribution in [2.75, 3.05) is 46.9 Å². The highest BCUT2D eigenvalue weighted by Gasteiger charge is 2.43. The zero-order valence-corrected chi connectivity index (χ0v) is 12.9. The number of methoxy groups -OCH3 is 1. The van der Waals surface area contributed by atoms with Gasteiger partial charge in [-0.1, -0.05) is 0 Å². The van der Waals surface area contributed by atoms with Crippen LogP contribution >= 0.6 is 0 Å². The van der Waals surface area contributed by atoms with Crippen LogP contribution in [-0.4, -0.2) is 68.3 Å². The van der Waals surface area contributed by atoms with Crippen LogP contribution in [0.15, 0.2) is 0 Å². The first-order valence-electron chi connectivity index (χ1n) is 7.77. The molecule has 0 aromatic rings. The van der Waals surface area contributed by atoms with Crippen molar-refractivity contribution in [2.45, 2.75) is 44.2 Å². The van der Waals surface area contributed by atoms with Crippen LogP contribution in [-0.2, 0) is 4.74 Å². The molecule has 1 atom stereocenters. The van der Waals surface area contributed by atoms with Gasteiger partial charge in [-0.05, 0) is 58.7 Å². The predicted octanol–water partition coefficient (Wildman–Crippen LogP) is 1.16. The zero-order chi connectivity index (χ0) is 13.9. The average molecular weight is 269 g/mol. The van der Waals surface area contributed by atoms with Crippen LogP contribution in [0.3, 0.4) is 0 Å². The maximum atomic E-state index is 6.21. The molecule has 0 spiro atoms. The summed E-state index contributed by atoms with van der Waals surface area (Å²) in [4.78, 5) is 5.10. The van der Waals surface area contributed by atoms with E-state index in [9.17, 15) is 0 Å². The summed E-state index contributed by atoms with van der Waals surface area (Å²) < 4.78 is 5.33. The number of hydrogen-bond acceptors (Lipinski definition) is 4. The lowest BCUT2D eigenvalue weighted by molar-refractivity contribution is -0.0147. The molecular weight excluding hydrogens is 238 g/mol. The smallest absolute Gasteiger partial charge is 0.0590 e. The fraction of sp³-hybridized carbons (Fsp3) is 1.00. The molecule has 0 aromatic carbocycles. The summed E-state index contributed by atoms with van der Waals surface area (Å²) >= 11 is 0. The monoisotopic (exact) mass is 269 g/mol. The SMILES string of the molecule is COCCN(C(C)C1CC1)C1(CN)CCN(C)CC1. The molecule has 2 fully saturated rings. The lowest BCUT2D eigenvalue weighted by Crippen LogP contribution is -2.62. The molecule has 4 nitrogen and oxygen atoms in total. The highest BCUT2D eigenvalue weighted by Crippen LogP contribution is 2.39. The predicted molar refractivity (Wildman–Crippen MR) is 79.3 cm³/mol. The highest BCUT2D eigenvalue weighted by atomic mass is 16.5. The molecule has 1 unspecified atom stereocenters. The third-order valence-electron chi connectivity index (χ3n) is 5.24. The van der Waals surface area contributed by atoms with E-state index in [2.05, 4.69) is 23.8 Å². The Bertz CT molecular complexity index is 273. The van der Waals surface area contributed by atoms with E-state index < -0.39 is 0 Å². The van der Waals surface area contributed by atoms with E-state index in [4.69, 9.17) is 10.5 Å². The Morgan fingerprint density at radius 3 is 2.47 bits per heavy atom. The van der Waals surface area contributed by atoms with Gasteiger partial charge in [-0.25, -0.2) is 0 Å². The minimum Gasteiger partial charge on any atom is -0.383 e. The summed E-state index contributed by atoms with van der Waals surface area (Å²) in [7, 11) is 4.01. The Morgan fingerprint density at radius 1 is 1.37 bits per heavy atom. The van der Waals surface area contributed by atoms with Crippen LogP contribution in [0.4, 0.5) is 0 Å². The molecule has 112 valence electrons. The van der Waals surface area contributed by atoms with Crippen molar-refractivity contribution in [2.24, 2.45) is 11.7 Å². The number of ether oxygens (including phenoxy) is 1. The fourth-order valence-electron chi connectivity index (χ4n) is 3.54. The van der Waals surface area contributed by atoms with Gasteiger partial charge in [0.05, 0.1) is 6.61 Å². The van der Waals surface area contributed by atoms with E-state index >= 15 is 0 Å².